The Balaban J connectivity index is 1.48. The summed E-state index contributed by atoms with van der Waals surface area (Å²) in [6.07, 6.45) is 5.87. The number of Topliss-reactive ketones (excluding diaryl/α,β-unsaturated/α-hetero) is 1. The molecule has 6 atom stereocenters. The molecule has 3 fully saturated rings. The number of piperidine rings is 1. The van der Waals surface area contributed by atoms with E-state index in [4.69, 9.17) is 5.73 Å². The third kappa shape index (κ3) is 8.54. The Labute approximate surface area is 280 Å². The summed E-state index contributed by atoms with van der Waals surface area (Å²) in [7, 11) is 0. The molecule has 0 spiro atoms. The fourth-order valence-corrected chi connectivity index (χ4v) is 7.56. The Bertz CT molecular complexity index is 1330. The Morgan fingerprint density at radius 3 is 2.11 bits per heavy atom. The lowest BCUT2D eigenvalue weighted by atomic mass is 9.80. The van der Waals surface area contributed by atoms with Crippen molar-refractivity contribution in [1.82, 2.24) is 20.9 Å². The van der Waals surface area contributed by atoms with Crippen LogP contribution in [0.4, 0.5) is 4.79 Å². The smallest absolute Gasteiger partial charge is 0.315 e. The zero-order valence-corrected chi connectivity index (χ0v) is 29.7. The number of primary amides is 1. The highest BCUT2D eigenvalue weighted by molar-refractivity contribution is 6.37. The molecule has 2 aliphatic carbocycles. The van der Waals surface area contributed by atoms with Crippen LogP contribution in [0.3, 0.4) is 0 Å². The summed E-state index contributed by atoms with van der Waals surface area (Å²) in [6, 6.07) is 6.98. The second kappa shape index (κ2) is 14.0. The summed E-state index contributed by atoms with van der Waals surface area (Å²) in [5.41, 5.74) is 5.58. The molecule has 1 aliphatic heterocycles. The molecule has 3 aliphatic rings. The summed E-state index contributed by atoms with van der Waals surface area (Å²) in [5, 5.41) is 8.96. The lowest BCUT2D eigenvalue weighted by molar-refractivity contribution is -0.145. The van der Waals surface area contributed by atoms with Crippen molar-refractivity contribution in [2.45, 2.75) is 125 Å². The van der Waals surface area contributed by atoms with Gasteiger partial charge < -0.3 is 26.6 Å². The molecule has 5 amide bonds. The van der Waals surface area contributed by atoms with Crippen molar-refractivity contribution >= 4 is 29.5 Å². The lowest BCUT2D eigenvalue weighted by Crippen LogP contribution is -2.62. The molecule has 1 aromatic carbocycles. The maximum atomic E-state index is 14.4. The summed E-state index contributed by atoms with van der Waals surface area (Å²) >= 11 is 0. The standard InChI is InChI=1S/C37H57N5O5/c1-35(2,3)26(19-13-16-22-14-10-9-11-15-22)40-34(47)41-30(36(4,5)6)33(46)42-21-24-27(37(24,7)8)28(42)32(45)39-25(29(43)31(38)44)20-23-17-12-18-23/h9-11,14-15,23-28,30H,12-13,16-21H2,1-8H3,(H2,38,44)(H,39,45)(H2,40,41,47)/t24?,25?,26-,27?,28+,30-/m1/s1. The minimum Gasteiger partial charge on any atom is -0.363 e. The van der Waals surface area contributed by atoms with Crippen LogP contribution >= 0.6 is 0 Å². The molecule has 0 radical (unpaired) electrons. The van der Waals surface area contributed by atoms with E-state index in [1.165, 1.54) is 5.56 Å². The van der Waals surface area contributed by atoms with E-state index in [1.54, 1.807) is 4.90 Å². The number of carbonyl (C=O) groups excluding carboxylic acids is 5. The molecule has 0 aromatic heterocycles. The van der Waals surface area contributed by atoms with Gasteiger partial charge in [0.1, 0.15) is 12.1 Å². The number of amides is 5. The van der Waals surface area contributed by atoms with Crippen molar-refractivity contribution in [3.63, 3.8) is 0 Å². The van der Waals surface area contributed by atoms with Crippen LogP contribution in [-0.2, 0) is 25.6 Å². The molecule has 4 rings (SSSR count). The highest BCUT2D eigenvalue weighted by Crippen LogP contribution is 2.65. The van der Waals surface area contributed by atoms with Crippen molar-refractivity contribution in [3.8, 4) is 0 Å². The SMILES string of the molecule is CC1(C)C2CN(C(=O)[C@@H](NC(=O)N[C@H](CCCc3ccccc3)C(C)(C)C)C(C)(C)C)[C@H](C(=O)NC(CC3CCC3)C(=O)C(N)=O)C21. The monoisotopic (exact) mass is 651 g/mol. The Morgan fingerprint density at radius 2 is 1.57 bits per heavy atom. The first-order valence-corrected chi connectivity index (χ1v) is 17.4. The van der Waals surface area contributed by atoms with Gasteiger partial charge in [-0.1, -0.05) is 105 Å². The van der Waals surface area contributed by atoms with Crippen LogP contribution in [0.1, 0.15) is 99.5 Å². The van der Waals surface area contributed by atoms with Crippen LogP contribution < -0.4 is 21.7 Å². The predicted molar refractivity (Wildman–Crippen MR) is 182 cm³/mol. The summed E-state index contributed by atoms with van der Waals surface area (Å²) in [4.78, 5) is 68.1. The summed E-state index contributed by atoms with van der Waals surface area (Å²) in [5.74, 6) is -2.39. The number of nitrogens with two attached hydrogens (primary N) is 1. The number of fused-ring (bicyclic) bond motifs is 1. The molecular formula is C37H57N5O5. The van der Waals surface area contributed by atoms with Gasteiger partial charge in [0.25, 0.3) is 5.91 Å². The van der Waals surface area contributed by atoms with Gasteiger partial charge in [-0.3, -0.25) is 19.2 Å². The Kier molecular flexibility index (Phi) is 10.8. The van der Waals surface area contributed by atoms with Gasteiger partial charge in [0.15, 0.2) is 0 Å². The number of ketones is 1. The second-order valence-corrected chi connectivity index (χ2v) is 16.9. The van der Waals surface area contributed by atoms with Gasteiger partial charge in [0.2, 0.25) is 17.6 Å². The van der Waals surface area contributed by atoms with Crippen molar-refractivity contribution in [2.24, 2.45) is 39.7 Å². The van der Waals surface area contributed by atoms with E-state index >= 15 is 0 Å². The van der Waals surface area contributed by atoms with E-state index in [0.29, 0.717) is 13.0 Å². The van der Waals surface area contributed by atoms with Crippen LogP contribution in [0.25, 0.3) is 0 Å². The number of benzene rings is 1. The van der Waals surface area contributed by atoms with Crippen molar-refractivity contribution in [2.75, 3.05) is 6.54 Å². The second-order valence-electron chi connectivity index (χ2n) is 16.9. The zero-order chi connectivity index (χ0) is 34.9. The molecule has 1 heterocycles. The first kappa shape index (κ1) is 36.4. The topological polar surface area (TPSA) is 151 Å². The van der Waals surface area contributed by atoms with Crippen LogP contribution in [0, 0.1) is 34.0 Å². The van der Waals surface area contributed by atoms with Crippen LogP contribution in [0.15, 0.2) is 30.3 Å². The number of likely N-dealkylation sites (tertiary alicyclic amines) is 1. The van der Waals surface area contributed by atoms with E-state index in [0.717, 1.165) is 38.5 Å². The van der Waals surface area contributed by atoms with Gasteiger partial charge in [-0.25, -0.2) is 4.79 Å². The zero-order valence-electron chi connectivity index (χ0n) is 29.7. The molecule has 1 aromatic rings. The lowest BCUT2D eigenvalue weighted by Gasteiger charge is -2.39. The van der Waals surface area contributed by atoms with Crippen LogP contribution in [0.2, 0.25) is 0 Å². The predicted octanol–water partition coefficient (Wildman–Crippen LogP) is 4.35. The van der Waals surface area contributed by atoms with Gasteiger partial charge >= 0.3 is 6.03 Å². The average molecular weight is 652 g/mol. The maximum Gasteiger partial charge on any atom is 0.315 e. The molecule has 10 nitrogen and oxygen atoms in total. The minimum absolute atomic E-state index is 0.0937. The Morgan fingerprint density at radius 1 is 0.936 bits per heavy atom. The number of hydrogen-bond donors (Lipinski definition) is 4. The highest BCUT2D eigenvalue weighted by atomic mass is 16.2. The minimum atomic E-state index is -1.07. The normalized spacial score (nSPS) is 23.8. The molecule has 260 valence electrons. The number of rotatable bonds is 13. The van der Waals surface area contributed by atoms with Gasteiger partial charge in [0, 0.05) is 12.6 Å². The molecule has 47 heavy (non-hydrogen) atoms. The van der Waals surface area contributed by atoms with E-state index in [1.807, 2.05) is 39.0 Å². The number of nitrogens with zero attached hydrogens (tertiary/aromatic N) is 1. The maximum absolute atomic E-state index is 14.4. The third-order valence-electron chi connectivity index (χ3n) is 11.0. The van der Waals surface area contributed by atoms with E-state index < -0.39 is 47.2 Å². The van der Waals surface area contributed by atoms with Gasteiger partial charge in [0.05, 0.1) is 6.04 Å². The number of urea groups is 1. The third-order valence-corrected chi connectivity index (χ3v) is 11.0. The van der Waals surface area contributed by atoms with Crippen molar-refractivity contribution < 1.29 is 24.0 Å². The van der Waals surface area contributed by atoms with E-state index in [-0.39, 0.29) is 40.5 Å². The molecule has 5 N–H and O–H groups in total. The fraction of sp³-hybridized carbons (Fsp3) is 0.703. The van der Waals surface area contributed by atoms with E-state index in [9.17, 15) is 24.0 Å². The average Bonchev–Trinajstić information content (AvgIpc) is 3.26. The van der Waals surface area contributed by atoms with Gasteiger partial charge in [-0.05, 0) is 65.2 Å². The molecule has 3 unspecified atom stereocenters. The molecular weight excluding hydrogens is 594 g/mol. The van der Waals surface area contributed by atoms with Gasteiger partial charge in [-0.2, -0.15) is 0 Å². The fourth-order valence-electron chi connectivity index (χ4n) is 7.56. The quantitative estimate of drug-likeness (QED) is 0.234. The molecule has 0 bridgehead atoms. The Hall–Kier alpha value is -3.43. The van der Waals surface area contributed by atoms with E-state index in [2.05, 4.69) is 62.7 Å². The van der Waals surface area contributed by atoms with Crippen molar-refractivity contribution in [3.05, 3.63) is 35.9 Å². The van der Waals surface area contributed by atoms with Crippen LogP contribution in [0.5, 0.6) is 0 Å². The number of hydrogen-bond acceptors (Lipinski definition) is 5. The number of aryl methyl sites for hydroxylation is 1. The van der Waals surface area contributed by atoms with Gasteiger partial charge in [-0.15, -0.1) is 0 Å². The first-order chi connectivity index (χ1) is 21.8. The van der Waals surface area contributed by atoms with Crippen LogP contribution in [-0.4, -0.2) is 65.1 Å². The number of nitrogens with one attached hydrogen (secondary N) is 3. The summed E-state index contributed by atoms with van der Waals surface area (Å²) < 4.78 is 0. The summed E-state index contributed by atoms with van der Waals surface area (Å²) in [6.45, 7) is 16.5. The van der Waals surface area contributed by atoms with Crippen molar-refractivity contribution in [1.29, 1.82) is 0 Å². The largest absolute Gasteiger partial charge is 0.363 e. The highest BCUT2D eigenvalue weighted by Gasteiger charge is 2.70. The molecule has 10 heteroatoms. The number of carbonyl (C=O) groups is 5. The molecule has 1 saturated heterocycles. The molecule has 2 saturated carbocycles. The first-order valence-electron chi connectivity index (χ1n) is 17.4.